The van der Waals surface area contributed by atoms with Gasteiger partial charge in [0, 0.05) is 26.2 Å². The quantitative estimate of drug-likeness (QED) is 0.535. The number of benzene rings is 1. The first-order valence-corrected chi connectivity index (χ1v) is 12.3. The maximum Gasteiger partial charge on any atom is 0.289 e. The van der Waals surface area contributed by atoms with Gasteiger partial charge in [0.05, 0.1) is 18.4 Å². The molecule has 0 saturated heterocycles. The number of nitrogens with one attached hydrogen (secondary N) is 1. The predicted molar refractivity (Wildman–Crippen MR) is 120 cm³/mol. The highest BCUT2D eigenvalue weighted by Crippen LogP contribution is 2.22. The summed E-state index contributed by atoms with van der Waals surface area (Å²) in [7, 11) is -1.82. The molecule has 2 atom stereocenters. The predicted octanol–water partition coefficient (Wildman–Crippen LogP) is 2.01. The molecule has 0 aromatic heterocycles. The Balaban J connectivity index is 1.82. The van der Waals surface area contributed by atoms with E-state index in [9.17, 15) is 23.1 Å². The van der Waals surface area contributed by atoms with E-state index in [0.29, 0.717) is 12.3 Å². The van der Waals surface area contributed by atoms with E-state index in [1.807, 2.05) is 25.1 Å². The number of hydrogen-bond acceptors (Lipinski definition) is 5. The summed E-state index contributed by atoms with van der Waals surface area (Å²) in [6.45, 7) is 4.58. The third-order valence-electron chi connectivity index (χ3n) is 5.64. The van der Waals surface area contributed by atoms with Crippen molar-refractivity contribution in [1.29, 1.82) is 0 Å². The number of rotatable bonds is 11. The lowest BCUT2D eigenvalue weighted by Gasteiger charge is -2.19. The molecule has 1 aliphatic rings. The number of hydrogen-bond donors (Lipinski definition) is 2. The average molecular weight is 452 g/mol. The molecule has 0 aliphatic carbocycles. The topological polar surface area (TPSA) is 107 Å². The normalized spacial score (nSPS) is 16.7. The monoisotopic (exact) mass is 451 g/mol. The van der Waals surface area contributed by atoms with Crippen LogP contribution in [0, 0.1) is 0 Å². The van der Waals surface area contributed by atoms with Crippen molar-refractivity contribution in [1.82, 2.24) is 14.5 Å². The van der Waals surface area contributed by atoms with Crippen LogP contribution in [0.5, 0.6) is 0 Å². The summed E-state index contributed by atoms with van der Waals surface area (Å²) in [4.78, 5) is 26.2. The van der Waals surface area contributed by atoms with Crippen LogP contribution in [0.3, 0.4) is 0 Å². The molecule has 9 heteroatoms. The maximum absolute atomic E-state index is 12.6. The standard InChI is InChI=1S/C22H33N3O5S/c1-16(18-9-6-5-7-10-18)11-12-17(2)23-21(27)19-15-25(22(28)20(19)26)14-8-13-24(3)31(4,29)30/h5-7,9-10,16-17,26H,8,11-15H2,1-4H3,(H,23,27)/t16-,17+/m1/s1. The molecule has 1 aliphatic heterocycles. The van der Waals surface area contributed by atoms with Gasteiger partial charge >= 0.3 is 0 Å². The maximum atomic E-state index is 12.6. The second-order valence-electron chi connectivity index (χ2n) is 8.26. The number of carbonyl (C=O) groups excluding carboxylic acids is 2. The van der Waals surface area contributed by atoms with Gasteiger partial charge in [-0.15, -0.1) is 0 Å². The Bertz CT molecular complexity index is 914. The molecule has 2 amide bonds. The van der Waals surface area contributed by atoms with E-state index in [0.717, 1.165) is 19.1 Å². The van der Waals surface area contributed by atoms with Gasteiger partial charge < -0.3 is 15.3 Å². The lowest BCUT2D eigenvalue weighted by atomic mass is 9.94. The van der Waals surface area contributed by atoms with Gasteiger partial charge in [0.2, 0.25) is 10.0 Å². The lowest BCUT2D eigenvalue weighted by molar-refractivity contribution is -0.127. The third-order valence-corrected chi connectivity index (χ3v) is 6.96. The molecule has 1 heterocycles. The van der Waals surface area contributed by atoms with Crippen molar-refractivity contribution < 1.29 is 23.1 Å². The second kappa shape index (κ2) is 10.8. The van der Waals surface area contributed by atoms with Crippen LogP contribution in [-0.4, -0.2) is 73.5 Å². The number of carbonyl (C=O) groups is 2. The number of nitrogens with zero attached hydrogens (tertiary/aromatic N) is 2. The summed E-state index contributed by atoms with van der Waals surface area (Å²) in [6.07, 6.45) is 3.19. The summed E-state index contributed by atoms with van der Waals surface area (Å²) < 4.78 is 24.1. The molecule has 0 spiro atoms. The molecule has 2 N–H and O–H groups in total. The van der Waals surface area contributed by atoms with Gasteiger partial charge in [-0.1, -0.05) is 37.3 Å². The fourth-order valence-electron chi connectivity index (χ4n) is 3.46. The molecule has 1 aromatic carbocycles. The zero-order valence-electron chi connectivity index (χ0n) is 18.7. The van der Waals surface area contributed by atoms with Crippen LogP contribution in [-0.2, 0) is 19.6 Å². The van der Waals surface area contributed by atoms with Gasteiger partial charge in [0.15, 0.2) is 5.76 Å². The molecule has 0 unspecified atom stereocenters. The van der Waals surface area contributed by atoms with Gasteiger partial charge in [0.1, 0.15) is 0 Å². The average Bonchev–Trinajstić information content (AvgIpc) is 3.00. The third kappa shape index (κ3) is 7.07. The Morgan fingerprint density at radius 2 is 1.87 bits per heavy atom. The summed E-state index contributed by atoms with van der Waals surface area (Å²) in [6, 6.07) is 10.1. The van der Waals surface area contributed by atoms with Gasteiger partial charge in [0.25, 0.3) is 11.8 Å². The van der Waals surface area contributed by atoms with E-state index in [2.05, 4.69) is 24.4 Å². The molecule has 0 saturated carbocycles. The van der Waals surface area contributed by atoms with E-state index in [4.69, 9.17) is 0 Å². The Kier molecular flexibility index (Phi) is 8.64. The van der Waals surface area contributed by atoms with E-state index in [-0.39, 0.29) is 31.2 Å². The van der Waals surface area contributed by atoms with E-state index in [1.54, 1.807) is 0 Å². The van der Waals surface area contributed by atoms with Gasteiger partial charge in [-0.05, 0) is 37.7 Å². The van der Waals surface area contributed by atoms with Crippen LogP contribution in [0.2, 0.25) is 0 Å². The fraction of sp³-hybridized carbons (Fsp3) is 0.545. The molecular formula is C22H33N3O5S. The minimum absolute atomic E-state index is 0.0201. The molecule has 0 fully saturated rings. The Labute approximate surface area is 185 Å². The Hall–Kier alpha value is -2.39. The SMILES string of the molecule is C[C@H](CC[C@H](C)NC(=O)C1=C(O)C(=O)N(CCCN(C)S(C)(=O)=O)C1)c1ccccc1. The van der Waals surface area contributed by atoms with Gasteiger partial charge in [-0.3, -0.25) is 9.59 Å². The minimum atomic E-state index is -3.28. The summed E-state index contributed by atoms with van der Waals surface area (Å²) in [5.41, 5.74) is 1.31. The van der Waals surface area contributed by atoms with Crippen LogP contribution in [0.1, 0.15) is 44.6 Å². The van der Waals surface area contributed by atoms with Crippen molar-refractivity contribution in [2.45, 2.75) is 45.1 Å². The highest BCUT2D eigenvalue weighted by Gasteiger charge is 2.34. The molecule has 172 valence electrons. The van der Waals surface area contributed by atoms with Crippen LogP contribution in [0.4, 0.5) is 0 Å². The smallest absolute Gasteiger partial charge is 0.289 e. The molecule has 2 rings (SSSR count). The molecule has 0 radical (unpaired) electrons. The van der Waals surface area contributed by atoms with E-state index in [1.165, 1.54) is 21.8 Å². The summed E-state index contributed by atoms with van der Waals surface area (Å²) >= 11 is 0. The van der Waals surface area contributed by atoms with Crippen molar-refractivity contribution in [3.05, 3.63) is 47.2 Å². The molecule has 8 nitrogen and oxygen atoms in total. The fourth-order valence-corrected chi connectivity index (χ4v) is 3.92. The minimum Gasteiger partial charge on any atom is -0.503 e. The van der Waals surface area contributed by atoms with Crippen LogP contribution < -0.4 is 5.32 Å². The molecular weight excluding hydrogens is 418 g/mol. The number of aliphatic hydroxyl groups excluding tert-OH is 1. The number of aliphatic hydroxyl groups is 1. The number of amides is 2. The van der Waals surface area contributed by atoms with Crippen molar-refractivity contribution in [2.75, 3.05) is 32.9 Å². The number of sulfonamides is 1. The first-order valence-electron chi connectivity index (χ1n) is 10.5. The van der Waals surface area contributed by atoms with Crippen LogP contribution >= 0.6 is 0 Å². The van der Waals surface area contributed by atoms with E-state index < -0.39 is 27.6 Å². The summed E-state index contributed by atoms with van der Waals surface area (Å²) in [5.74, 6) is -1.21. The van der Waals surface area contributed by atoms with Crippen molar-refractivity contribution >= 4 is 21.8 Å². The van der Waals surface area contributed by atoms with E-state index >= 15 is 0 Å². The Morgan fingerprint density at radius 3 is 2.48 bits per heavy atom. The second-order valence-corrected chi connectivity index (χ2v) is 10.3. The molecule has 1 aromatic rings. The molecule has 31 heavy (non-hydrogen) atoms. The molecule has 0 bridgehead atoms. The van der Waals surface area contributed by atoms with Crippen molar-refractivity contribution in [3.63, 3.8) is 0 Å². The van der Waals surface area contributed by atoms with Crippen LogP contribution in [0.15, 0.2) is 41.7 Å². The Morgan fingerprint density at radius 1 is 1.23 bits per heavy atom. The zero-order chi connectivity index (χ0) is 23.2. The largest absolute Gasteiger partial charge is 0.503 e. The van der Waals surface area contributed by atoms with Gasteiger partial charge in [-0.25, -0.2) is 12.7 Å². The first-order chi connectivity index (χ1) is 14.5. The summed E-state index contributed by atoms with van der Waals surface area (Å²) in [5, 5.41) is 13.0. The highest BCUT2D eigenvalue weighted by molar-refractivity contribution is 7.88. The van der Waals surface area contributed by atoms with Crippen LogP contribution in [0.25, 0.3) is 0 Å². The van der Waals surface area contributed by atoms with Crippen molar-refractivity contribution in [3.8, 4) is 0 Å². The van der Waals surface area contributed by atoms with Gasteiger partial charge in [-0.2, -0.15) is 0 Å². The zero-order valence-corrected chi connectivity index (χ0v) is 19.5. The van der Waals surface area contributed by atoms with Crippen molar-refractivity contribution in [2.24, 2.45) is 0 Å². The highest BCUT2D eigenvalue weighted by atomic mass is 32.2. The lowest BCUT2D eigenvalue weighted by Crippen LogP contribution is -2.36. The first kappa shape index (κ1) is 24.9.